The van der Waals surface area contributed by atoms with Crippen molar-refractivity contribution in [2.75, 3.05) is 19.1 Å². The van der Waals surface area contributed by atoms with E-state index in [9.17, 15) is 28.0 Å². The number of carbonyl (C=O) groups is 2. The maximum atomic E-state index is 13.0. The number of anilines is 1. The quantitative estimate of drug-likeness (QED) is 0.548. The van der Waals surface area contributed by atoms with Gasteiger partial charge in [0, 0.05) is 10.5 Å². The van der Waals surface area contributed by atoms with Gasteiger partial charge in [0.1, 0.15) is 17.3 Å². The first-order valence-corrected chi connectivity index (χ1v) is 10.5. The molecule has 0 spiro atoms. The van der Waals surface area contributed by atoms with Gasteiger partial charge in [-0.3, -0.25) is 4.90 Å². The number of nitriles is 1. The van der Waals surface area contributed by atoms with E-state index in [0.717, 1.165) is 31.3 Å². The van der Waals surface area contributed by atoms with Crippen LogP contribution >= 0.6 is 15.9 Å². The van der Waals surface area contributed by atoms with Crippen LogP contribution in [0.4, 0.5) is 18.9 Å². The lowest BCUT2D eigenvalue weighted by atomic mass is 9.81. The van der Waals surface area contributed by atoms with Crippen LogP contribution < -0.4 is 15.4 Å². The van der Waals surface area contributed by atoms with Crippen LogP contribution in [0.2, 0.25) is 0 Å². The number of hydrogen-bond donors (Lipinski definition) is 1. The van der Waals surface area contributed by atoms with Gasteiger partial charge in [-0.05, 0) is 17.7 Å². The van der Waals surface area contributed by atoms with E-state index in [1.165, 1.54) is 6.07 Å². The second-order valence-corrected chi connectivity index (χ2v) is 7.94. The maximum absolute atomic E-state index is 13.0. The van der Waals surface area contributed by atoms with Crippen molar-refractivity contribution in [3.63, 3.8) is 0 Å². The molecule has 182 valence electrons. The zero-order valence-electron chi connectivity index (χ0n) is 18.2. The average molecular weight is 552 g/mol. The number of rotatable bonds is 5. The van der Waals surface area contributed by atoms with E-state index >= 15 is 0 Å². The molecule has 0 aromatic heterocycles. The van der Waals surface area contributed by atoms with Gasteiger partial charge < -0.3 is 19.9 Å². The average Bonchev–Trinajstić information content (AvgIpc) is 2.81. The van der Waals surface area contributed by atoms with E-state index in [4.69, 9.17) is 15.2 Å². The highest BCUT2D eigenvalue weighted by molar-refractivity contribution is 9.10. The van der Waals surface area contributed by atoms with Gasteiger partial charge in [-0.25, -0.2) is 9.59 Å². The van der Waals surface area contributed by atoms with Crippen molar-refractivity contribution in [1.82, 2.24) is 0 Å². The van der Waals surface area contributed by atoms with Crippen LogP contribution in [0.15, 0.2) is 75.7 Å². The molecule has 0 radical (unpaired) electrons. The molecule has 2 aromatic carbocycles. The van der Waals surface area contributed by atoms with E-state index < -0.39 is 35.7 Å². The van der Waals surface area contributed by atoms with Crippen LogP contribution in [0.5, 0.6) is 5.75 Å². The SMILES string of the molecule is COC(=O)C1=C(C(=O)OC)N(c2cc(Br)cc(OC(F)(F)F)c2)C(N)=C(C#N)C1c1ccccc1. The van der Waals surface area contributed by atoms with Gasteiger partial charge in [0.05, 0.1) is 43.0 Å². The van der Waals surface area contributed by atoms with Gasteiger partial charge in [-0.1, -0.05) is 46.3 Å². The van der Waals surface area contributed by atoms with Gasteiger partial charge >= 0.3 is 18.3 Å². The Labute approximate surface area is 206 Å². The topological polar surface area (TPSA) is 115 Å². The molecule has 35 heavy (non-hydrogen) atoms. The summed E-state index contributed by atoms with van der Waals surface area (Å²) >= 11 is 3.10. The molecule has 1 unspecified atom stereocenters. The van der Waals surface area contributed by atoms with Crippen molar-refractivity contribution in [1.29, 1.82) is 5.26 Å². The number of esters is 2. The third kappa shape index (κ3) is 5.25. The lowest BCUT2D eigenvalue weighted by molar-refractivity contribution is -0.274. The fourth-order valence-corrected chi connectivity index (χ4v) is 4.11. The van der Waals surface area contributed by atoms with Crippen LogP contribution in [-0.2, 0) is 19.1 Å². The molecule has 3 rings (SSSR count). The molecular formula is C23H17BrF3N3O5. The Balaban J connectivity index is 2.39. The molecule has 0 aliphatic carbocycles. The van der Waals surface area contributed by atoms with E-state index in [2.05, 4.69) is 20.7 Å². The number of nitrogens with zero attached hydrogens (tertiary/aromatic N) is 2. The summed E-state index contributed by atoms with van der Waals surface area (Å²) in [7, 11) is 2.14. The summed E-state index contributed by atoms with van der Waals surface area (Å²) in [6.45, 7) is 0. The Bertz CT molecular complexity index is 1270. The predicted molar refractivity (Wildman–Crippen MR) is 120 cm³/mol. The molecule has 0 saturated carbocycles. The van der Waals surface area contributed by atoms with Crippen molar-refractivity contribution < 1.29 is 37.0 Å². The van der Waals surface area contributed by atoms with Gasteiger partial charge in [-0.2, -0.15) is 5.26 Å². The van der Waals surface area contributed by atoms with Crippen molar-refractivity contribution >= 4 is 33.6 Å². The minimum absolute atomic E-state index is 0.114. The molecule has 1 aliphatic rings. The lowest BCUT2D eigenvalue weighted by Gasteiger charge is -2.36. The van der Waals surface area contributed by atoms with Crippen molar-refractivity contribution in [3.8, 4) is 11.8 Å². The highest BCUT2D eigenvalue weighted by Gasteiger charge is 2.43. The Hall–Kier alpha value is -3.98. The molecule has 1 atom stereocenters. The number of ether oxygens (including phenoxy) is 3. The predicted octanol–water partition coefficient (Wildman–Crippen LogP) is 4.25. The third-order valence-corrected chi connectivity index (χ3v) is 5.42. The van der Waals surface area contributed by atoms with Crippen molar-refractivity contribution in [2.45, 2.75) is 12.3 Å². The van der Waals surface area contributed by atoms with Gasteiger partial charge in [0.15, 0.2) is 0 Å². The summed E-state index contributed by atoms with van der Waals surface area (Å²) in [4.78, 5) is 26.9. The Morgan fingerprint density at radius 3 is 2.26 bits per heavy atom. The van der Waals surface area contributed by atoms with E-state index in [-0.39, 0.29) is 27.1 Å². The number of carbonyl (C=O) groups excluding carboxylic acids is 2. The molecular weight excluding hydrogens is 535 g/mol. The summed E-state index contributed by atoms with van der Waals surface area (Å²) in [5, 5.41) is 9.99. The molecule has 1 heterocycles. The summed E-state index contributed by atoms with van der Waals surface area (Å²) in [6.07, 6.45) is -5.00. The Morgan fingerprint density at radius 1 is 1.09 bits per heavy atom. The first kappa shape index (κ1) is 25.6. The molecule has 12 heteroatoms. The number of alkyl halides is 3. The zero-order chi connectivity index (χ0) is 25.9. The molecule has 0 bridgehead atoms. The summed E-state index contributed by atoms with van der Waals surface area (Å²) < 4.78 is 52.6. The summed E-state index contributed by atoms with van der Waals surface area (Å²) in [5.74, 6) is -4.06. The minimum Gasteiger partial charge on any atom is -0.466 e. The number of methoxy groups -OCH3 is 2. The Kier molecular flexibility index (Phi) is 7.40. The minimum atomic E-state index is -5.00. The van der Waals surface area contributed by atoms with Crippen LogP contribution in [0, 0.1) is 11.3 Å². The number of nitrogens with two attached hydrogens (primary N) is 1. The molecule has 2 N–H and O–H groups in total. The number of benzene rings is 2. The fourth-order valence-electron chi connectivity index (χ4n) is 3.65. The van der Waals surface area contributed by atoms with Gasteiger partial charge in [0.25, 0.3) is 0 Å². The highest BCUT2D eigenvalue weighted by atomic mass is 79.9. The molecule has 8 nitrogen and oxygen atoms in total. The van der Waals surface area contributed by atoms with E-state index in [1.54, 1.807) is 30.3 Å². The van der Waals surface area contributed by atoms with Gasteiger partial charge in [0.2, 0.25) is 0 Å². The number of hydrogen-bond acceptors (Lipinski definition) is 8. The molecule has 1 aliphatic heterocycles. The van der Waals surface area contributed by atoms with Gasteiger partial charge in [-0.15, -0.1) is 13.2 Å². The summed E-state index contributed by atoms with van der Waals surface area (Å²) in [5.41, 5.74) is 5.80. The fraction of sp³-hybridized carbons (Fsp3) is 0.174. The zero-order valence-corrected chi connectivity index (χ0v) is 19.8. The van der Waals surface area contributed by atoms with E-state index in [1.807, 2.05) is 6.07 Å². The van der Waals surface area contributed by atoms with Crippen LogP contribution in [0.3, 0.4) is 0 Å². The smallest absolute Gasteiger partial charge is 0.466 e. The van der Waals surface area contributed by atoms with E-state index in [0.29, 0.717) is 5.56 Å². The monoisotopic (exact) mass is 551 g/mol. The Morgan fingerprint density at radius 2 is 1.71 bits per heavy atom. The lowest BCUT2D eigenvalue weighted by Crippen LogP contribution is -2.40. The second kappa shape index (κ2) is 10.1. The van der Waals surface area contributed by atoms with Crippen LogP contribution in [0.1, 0.15) is 11.5 Å². The summed E-state index contributed by atoms with van der Waals surface area (Å²) in [6, 6.07) is 13.5. The largest absolute Gasteiger partial charge is 0.573 e. The van der Waals surface area contributed by atoms with Crippen molar-refractivity contribution in [3.05, 3.63) is 81.2 Å². The standard InChI is InChI=1S/C23H17BrF3N3O5/c1-33-21(31)18-17(12-6-4-3-5-7-12)16(11-28)20(29)30(19(18)22(32)34-2)14-8-13(24)9-15(10-14)35-23(25,26)27/h3-10,17H,29H2,1-2H3. The molecule has 2 aromatic rings. The third-order valence-electron chi connectivity index (χ3n) is 4.96. The first-order chi connectivity index (χ1) is 16.5. The normalized spacial score (nSPS) is 16.0. The maximum Gasteiger partial charge on any atom is 0.573 e. The first-order valence-electron chi connectivity index (χ1n) is 9.74. The number of allylic oxidation sites excluding steroid dienone is 1. The number of halogens is 4. The molecule has 0 saturated heterocycles. The van der Waals surface area contributed by atoms with Crippen molar-refractivity contribution in [2.24, 2.45) is 5.73 Å². The van der Waals surface area contributed by atoms with Crippen LogP contribution in [-0.4, -0.2) is 32.5 Å². The highest BCUT2D eigenvalue weighted by Crippen LogP contribution is 2.44. The molecule has 0 amide bonds. The van der Waals surface area contributed by atoms with Crippen LogP contribution in [0.25, 0.3) is 0 Å². The molecule has 0 fully saturated rings. The second-order valence-electron chi connectivity index (χ2n) is 7.03.